The second-order valence-corrected chi connectivity index (χ2v) is 9.22. The Labute approximate surface area is 100 Å². The van der Waals surface area contributed by atoms with Gasteiger partial charge in [-0.25, -0.2) is 0 Å². The maximum absolute atomic E-state index is 10.3. The summed E-state index contributed by atoms with van der Waals surface area (Å²) >= 11 is 0. The molecule has 0 radical (unpaired) electrons. The van der Waals surface area contributed by atoms with E-state index in [9.17, 15) is 4.79 Å². The van der Waals surface area contributed by atoms with Crippen molar-refractivity contribution in [2.24, 2.45) is 0 Å². The Kier molecular flexibility index (Phi) is 8.57. The summed E-state index contributed by atoms with van der Waals surface area (Å²) in [5.74, 6) is -0.696. The van der Waals surface area contributed by atoms with E-state index >= 15 is 0 Å². The summed E-state index contributed by atoms with van der Waals surface area (Å²) in [6, 6.07) is 1.23. The first kappa shape index (κ1) is 15.6. The Hall–Kier alpha value is -0.353. The highest BCUT2D eigenvalue weighted by molar-refractivity contribution is 6.71. The molecule has 0 unspecified atom stereocenters. The number of carbonyl (C=O) groups is 1. The number of hydrogen-bond acceptors (Lipinski definition) is 2. The van der Waals surface area contributed by atoms with Gasteiger partial charge in [0.2, 0.25) is 0 Å². The van der Waals surface area contributed by atoms with Gasteiger partial charge in [-0.15, -0.1) is 0 Å². The fourth-order valence-electron chi connectivity index (χ4n) is 1.58. The molecule has 0 aromatic rings. The fraction of sp³-hybridized carbons (Fsp3) is 0.917. The summed E-state index contributed by atoms with van der Waals surface area (Å²) in [5, 5.41) is 8.47. The van der Waals surface area contributed by atoms with Crippen LogP contribution in [-0.2, 0) is 9.22 Å². The Bertz CT molecular complexity index is 193. The van der Waals surface area contributed by atoms with E-state index in [0.717, 1.165) is 25.9 Å². The molecule has 0 spiro atoms. The Morgan fingerprint density at radius 3 is 2.44 bits per heavy atom. The summed E-state index contributed by atoms with van der Waals surface area (Å²) in [5.41, 5.74) is 0. The number of aliphatic carboxylic acids is 1. The minimum atomic E-state index is -1.42. The molecule has 0 bridgehead atoms. The van der Waals surface area contributed by atoms with Crippen LogP contribution in [0, 0.1) is 0 Å². The molecule has 0 aromatic carbocycles. The third-order valence-electron chi connectivity index (χ3n) is 2.66. The molecule has 3 nitrogen and oxygen atoms in total. The van der Waals surface area contributed by atoms with Crippen LogP contribution >= 0.6 is 0 Å². The molecule has 0 rings (SSSR count). The minimum absolute atomic E-state index is 0.288. The van der Waals surface area contributed by atoms with Crippen LogP contribution in [0.3, 0.4) is 0 Å². The Morgan fingerprint density at radius 2 is 1.88 bits per heavy atom. The van der Waals surface area contributed by atoms with Crippen molar-refractivity contribution in [2.75, 3.05) is 6.61 Å². The van der Waals surface area contributed by atoms with Gasteiger partial charge in [0.25, 0.3) is 0 Å². The fourth-order valence-corrected chi connectivity index (χ4v) is 3.62. The quantitative estimate of drug-likeness (QED) is 0.473. The molecule has 0 saturated heterocycles. The van der Waals surface area contributed by atoms with Crippen molar-refractivity contribution in [3.8, 4) is 0 Å². The van der Waals surface area contributed by atoms with E-state index in [1.165, 1.54) is 18.9 Å². The molecule has 0 aliphatic heterocycles. The monoisotopic (exact) mass is 246 g/mol. The van der Waals surface area contributed by atoms with Gasteiger partial charge in [-0.1, -0.05) is 26.2 Å². The second kappa shape index (κ2) is 8.76. The van der Waals surface area contributed by atoms with E-state index in [4.69, 9.17) is 9.53 Å². The van der Waals surface area contributed by atoms with Gasteiger partial charge in [-0.3, -0.25) is 4.79 Å². The van der Waals surface area contributed by atoms with Gasteiger partial charge in [0.1, 0.15) is 0 Å². The highest BCUT2D eigenvalue weighted by Crippen LogP contribution is 2.15. The zero-order valence-corrected chi connectivity index (χ0v) is 11.9. The van der Waals surface area contributed by atoms with Crippen LogP contribution in [0.1, 0.15) is 45.4 Å². The van der Waals surface area contributed by atoms with E-state index in [-0.39, 0.29) is 6.42 Å². The lowest BCUT2D eigenvalue weighted by atomic mass is 10.2. The SMILES string of the molecule is CCCC[Si](C)(C)OCCCCCC(=O)O. The third-order valence-corrected chi connectivity index (χ3v) is 5.20. The van der Waals surface area contributed by atoms with Crippen molar-refractivity contribution in [1.82, 2.24) is 0 Å². The predicted molar refractivity (Wildman–Crippen MR) is 69.3 cm³/mol. The molecular weight excluding hydrogens is 220 g/mol. The maximum Gasteiger partial charge on any atom is 0.303 e. The van der Waals surface area contributed by atoms with Crippen LogP contribution in [0.25, 0.3) is 0 Å². The molecule has 0 aliphatic carbocycles. The lowest BCUT2D eigenvalue weighted by Crippen LogP contribution is -2.30. The molecule has 1 N–H and O–H groups in total. The normalized spacial score (nSPS) is 11.7. The molecule has 16 heavy (non-hydrogen) atoms. The van der Waals surface area contributed by atoms with Gasteiger partial charge in [-0.05, 0) is 32.0 Å². The molecule has 4 heteroatoms. The first-order chi connectivity index (χ1) is 7.48. The van der Waals surface area contributed by atoms with Gasteiger partial charge < -0.3 is 9.53 Å². The lowest BCUT2D eigenvalue weighted by Gasteiger charge is -2.22. The number of carboxylic acids is 1. The molecule has 0 saturated carbocycles. The molecule has 96 valence electrons. The van der Waals surface area contributed by atoms with E-state index in [1.807, 2.05) is 0 Å². The van der Waals surface area contributed by atoms with E-state index in [1.54, 1.807) is 0 Å². The van der Waals surface area contributed by atoms with Gasteiger partial charge in [0.15, 0.2) is 8.32 Å². The number of carboxylic acid groups (broad SMARTS) is 1. The molecule has 0 amide bonds. The first-order valence-corrected chi connectivity index (χ1v) is 9.45. The molecular formula is C12H26O3Si. The van der Waals surface area contributed by atoms with Crippen LogP contribution in [0.2, 0.25) is 19.1 Å². The van der Waals surface area contributed by atoms with Gasteiger partial charge in [0, 0.05) is 13.0 Å². The number of hydrogen-bond donors (Lipinski definition) is 1. The highest BCUT2D eigenvalue weighted by atomic mass is 28.4. The Balaban J connectivity index is 3.39. The van der Waals surface area contributed by atoms with E-state index in [0.29, 0.717) is 0 Å². The van der Waals surface area contributed by atoms with Crippen molar-refractivity contribution in [3.63, 3.8) is 0 Å². The van der Waals surface area contributed by atoms with Gasteiger partial charge >= 0.3 is 5.97 Å². The largest absolute Gasteiger partial charge is 0.481 e. The van der Waals surface area contributed by atoms with Crippen LogP contribution in [-0.4, -0.2) is 26.0 Å². The molecule has 0 atom stereocenters. The molecule has 0 aliphatic rings. The van der Waals surface area contributed by atoms with E-state index in [2.05, 4.69) is 20.0 Å². The van der Waals surface area contributed by atoms with Crippen LogP contribution in [0.5, 0.6) is 0 Å². The Morgan fingerprint density at radius 1 is 1.19 bits per heavy atom. The maximum atomic E-state index is 10.3. The van der Waals surface area contributed by atoms with Crippen LogP contribution < -0.4 is 0 Å². The van der Waals surface area contributed by atoms with Crippen LogP contribution in [0.4, 0.5) is 0 Å². The molecule has 0 aromatic heterocycles. The predicted octanol–water partition coefficient (Wildman–Crippen LogP) is 3.65. The zero-order valence-electron chi connectivity index (χ0n) is 10.9. The highest BCUT2D eigenvalue weighted by Gasteiger charge is 2.20. The summed E-state index contributed by atoms with van der Waals surface area (Å²) < 4.78 is 5.93. The molecule has 0 fully saturated rings. The average Bonchev–Trinajstić information content (AvgIpc) is 2.20. The molecule has 0 heterocycles. The van der Waals surface area contributed by atoms with Gasteiger partial charge in [0.05, 0.1) is 0 Å². The summed E-state index contributed by atoms with van der Waals surface area (Å²) in [7, 11) is -1.42. The van der Waals surface area contributed by atoms with E-state index < -0.39 is 14.3 Å². The summed E-state index contributed by atoms with van der Waals surface area (Å²) in [6.07, 6.45) is 5.52. The number of unbranched alkanes of at least 4 members (excludes halogenated alkanes) is 3. The third kappa shape index (κ3) is 10.2. The zero-order chi connectivity index (χ0) is 12.4. The summed E-state index contributed by atoms with van der Waals surface area (Å²) in [4.78, 5) is 10.3. The lowest BCUT2D eigenvalue weighted by molar-refractivity contribution is -0.137. The average molecular weight is 246 g/mol. The van der Waals surface area contributed by atoms with Crippen LogP contribution in [0.15, 0.2) is 0 Å². The standard InChI is InChI=1S/C12H26O3Si/c1-4-5-11-16(2,3)15-10-8-6-7-9-12(13)14/h4-11H2,1-3H3,(H,13,14). The van der Waals surface area contributed by atoms with Crippen molar-refractivity contribution < 1.29 is 14.3 Å². The minimum Gasteiger partial charge on any atom is -0.481 e. The van der Waals surface area contributed by atoms with Crippen molar-refractivity contribution >= 4 is 14.3 Å². The summed E-state index contributed by atoms with van der Waals surface area (Å²) in [6.45, 7) is 7.54. The van der Waals surface area contributed by atoms with Gasteiger partial charge in [-0.2, -0.15) is 0 Å². The first-order valence-electron chi connectivity index (χ1n) is 6.33. The van der Waals surface area contributed by atoms with Crippen molar-refractivity contribution in [1.29, 1.82) is 0 Å². The smallest absolute Gasteiger partial charge is 0.303 e. The topological polar surface area (TPSA) is 46.5 Å². The number of rotatable bonds is 10. The second-order valence-electron chi connectivity index (χ2n) is 4.92. The van der Waals surface area contributed by atoms with Crippen molar-refractivity contribution in [2.45, 2.75) is 64.6 Å². The van der Waals surface area contributed by atoms with Crippen molar-refractivity contribution in [3.05, 3.63) is 0 Å².